The molecule has 1 unspecified atom stereocenters. The van der Waals surface area contributed by atoms with Gasteiger partial charge in [0.15, 0.2) is 0 Å². The summed E-state index contributed by atoms with van der Waals surface area (Å²) in [7, 11) is 0. The molecule has 112 valence electrons. The second kappa shape index (κ2) is 5.76. The molecule has 0 aliphatic carbocycles. The van der Waals surface area contributed by atoms with E-state index in [0.29, 0.717) is 18.9 Å². The summed E-state index contributed by atoms with van der Waals surface area (Å²) in [6.45, 7) is 2.35. The van der Waals surface area contributed by atoms with Gasteiger partial charge in [0.2, 0.25) is 0 Å². The number of likely N-dealkylation sites (tertiary alicyclic amines) is 1. The molecular weight excluding hydrogens is 268 g/mol. The fourth-order valence-corrected chi connectivity index (χ4v) is 3.19. The standard InChI is InChI=1S/C16H20N2O3/c19-15(20)4-1-11-6-8-18(10-11)16(21)13-3-2-12-5-7-17-14(12)9-13/h2-3,9,11,17H,1,4-8,10H2,(H,19,20). The van der Waals surface area contributed by atoms with Crippen molar-refractivity contribution in [2.24, 2.45) is 5.92 Å². The minimum absolute atomic E-state index is 0.0596. The summed E-state index contributed by atoms with van der Waals surface area (Å²) in [6.07, 6.45) is 2.77. The largest absolute Gasteiger partial charge is 0.481 e. The Labute approximate surface area is 123 Å². The number of hydrogen-bond donors (Lipinski definition) is 2. The zero-order chi connectivity index (χ0) is 14.8. The third-order valence-corrected chi connectivity index (χ3v) is 4.41. The number of fused-ring (bicyclic) bond motifs is 1. The van der Waals surface area contributed by atoms with Gasteiger partial charge in [-0.05, 0) is 42.9 Å². The van der Waals surface area contributed by atoms with Gasteiger partial charge in [-0.1, -0.05) is 6.07 Å². The van der Waals surface area contributed by atoms with Crippen LogP contribution in [-0.4, -0.2) is 41.5 Å². The number of hydrogen-bond acceptors (Lipinski definition) is 3. The minimum Gasteiger partial charge on any atom is -0.481 e. The van der Waals surface area contributed by atoms with E-state index in [0.717, 1.165) is 37.2 Å². The van der Waals surface area contributed by atoms with Crippen molar-refractivity contribution < 1.29 is 14.7 Å². The van der Waals surface area contributed by atoms with E-state index >= 15 is 0 Å². The molecule has 0 radical (unpaired) electrons. The van der Waals surface area contributed by atoms with Crippen LogP contribution < -0.4 is 5.32 Å². The van der Waals surface area contributed by atoms with Gasteiger partial charge in [-0.3, -0.25) is 9.59 Å². The van der Waals surface area contributed by atoms with Crippen LogP contribution in [0.2, 0.25) is 0 Å². The van der Waals surface area contributed by atoms with E-state index in [1.165, 1.54) is 5.56 Å². The Morgan fingerprint density at radius 1 is 1.38 bits per heavy atom. The molecule has 2 heterocycles. The number of amides is 1. The highest BCUT2D eigenvalue weighted by atomic mass is 16.4. The molecule has 1 amide bonds. The van der Waals surface area contributed by atoms with E-state index in [2.05, 4.69) is 5.32 Å². The lowest BCUT2D eigenvalue weighted by molar-refractivity contribution is -0.137. The van der Waals surface area contributed by atoms with Crippen molar-refractivity contribution in [3.63, 3.8) is 0 Å². The normalized spacial score (nSPS) is 20.2. The quantitative estimate of drug-likeness (QED) is 0.889. The molecule has 2 aliphatic rings. The Balaban J connectivity index is 1.62. The molecule has 0 bridgehead atoms. The van der Waals surface area contributed by atoms with E-state index in [4.69, 9.17) is 5.11 Å². The summed E-state index contributed by atoms with van der Waals surface area (Å²) in [5.74, 6) is -0.383. The van der Waals surface area contributed by atoms with Gasteiger partial charge in [-0.2, -0.15) is 0 Å². The smallest absolute Gasteiger partial charge is 0.303 e. The summed E-state index contributed by atoms with van der Waals surface area (Å²) in [5.41, 5.74) is 3.07. The first-order chi connectivity index (χ1) is 10.1. The summed E-state index contributed by atoms with van der Waals surface area (Å²) in [4.78, 5) is 25.0. The molecule has 2 N–H and O–H groups in total. The van der Waals surface area contributed by atoms with Gasteiger partial charge in [0.05, 0.1) is 0 Å². The maximum atomic E-state index is 12.5. The van der Waals surface area contributed by atoms with Crippen LogP contribution in [0.3, 0.4) is 0 Å². The van der Waals surface area contributed by atoms with Gasteiger partial charge in [0.25, 0.3) is 5.91 Å². The molecule has 2 aliphatic heterocycles. The molecule has 1 atom stereocenters. The SMILES string of the molecule is O=C(O)CCC1CCN(C(=O)c2ccc3c(c2)NCC3)C1. The van der Waals surface area contributed by atoms with Crippen molar-refractivity contribution in [1.29, 1.82) is 0 Å². The van der Waals surface area contributed by atoms with E-state index in [-0.39, 0.29) is 12.3 Å². The summed E-state index contributed by atoms with van der Waals surface area (Å²) < 4.78 is 0. The van der Waals surface area contributed by atoms with Crippen LogP contribution in [-0.2, 0) is 11.2 Å². The first kappa shape index (κ1) is 13.9. The predicted octanol–water partition coefficient (Wildman–Crippen LogP) is 1.98. The molecule has 1 fully saturated rings. The minimum atomic E-state index is -0.760. The Morgan fingerprint density at radius 3 is 3.05 bits per heavy atom. The second-order valence-corrected chi connectivity index (χ2v) is 5.89. The van der Waals surface area contributed by atoms with Crippen LogP contribution in [0.15, 0.2) is 18.2 Å². The maximum Gasteiger partial charge on any atom is 0.303 e. The van der Waals surface area contributed by atoms with E-state index in [1.54, 1.807) is 0 Å². The third kappa shape index (κ3) is 3.01. The van der Waals surface area contributed by atoms with Gasteiger partial charge >= 0.3 is 5.97 Å². The molecule has 1 aromatic carbocycles. The Morgan fingerprint density at radius 2 is 2.24 bits per heavy atom. The average molecular weight is 288 g/mol. The lowest BCUT2D eigenvalue weighted by Crippen LogP contribution is -2.28. The fourth-order valence-electron chi connectivity index (χ4n) is 3.19. The molecular formula is C16H20N2O3. The van der Waals surface area contributed by atoms with Gasteiger partial charge in [0, 0.05) is 37.3 Å². The predicted molar refractivity (Wildman–Crippen MR) is 79.5 cm³/mol. The number of rotatable bonds is 4. The van der Waals surface area contributed by atoms with Crippen LogP contribution in [0.4, 0.5) is 5.69 Å². The number of anilines is 1. The third-order valence-electron chi connectivity index (χ3n) is 4.41. The summed E-state index contributed by atoms with van der Waals surface area (Å²) in [6, 6.07) is 5.87. The van der Waals surface area contributed by atoms with Crippen molar-refractivity contribution in [2.45, 2.75) is 25.7 Å². The van der Waals surface area contributed by atoms with Crippen LogP contribution in [0.5, 0.6) is 0 Å². The molecule has 21 heavy (non-hydrogen) atoms. The maximum absolute atomic E-state index is 12.5. The van der Waals surface area contributed by atoms with Crippen LogP contribution in [0.25, 0.3) is 0 Å². The first-order valence-electron chi connectivity index (χ1n) is 7.51. The van der Waals surface area contributed by atoms with Crippen molar-refractivity contribution in [1.82, 2.24) is 4.90 Å². The molecule has 0 saturated carbocycles. The van der Waals surface area contributed by atoms with Gasteiger partial charge in [-0.25, -0.2) is 0 Å². The molecule has 1 saturated heterocycles. The first-order valence-corrected chi connectivity index (χ1v) is 7.51. The zero-order valence-corrected chi connectivity index (χ0v) is 12.0. The molecule has 5 heteroatoms. The lowest BCUT2D eigenvalue weighted by Gasteiger charge is -2.17. The molecule has 5 nitrogen and oxygen atoms in total. The number of nitrogens with one attached hydrogen (secondary N) is 1. The van der Waals surface area contributed by atoms with E-state index in [1.807, 2.05) is 23.1 Å². The number of aliphatic carboxylic acids is 1. The highest BCUT2D eigenvalue weighted by molar-refractivity contribution is 5.95. The highest BCUT2D eigenvalue weighted by Gasteiger charge is 2.27. The van der Waals surface area contributed by atoms with Gasteiger partial charge < -0.3 is 15.3 Å². The number of carbonyl (C=O) groups excluding carboxylic acids is 1. The second-order valence-electron chi connectivity index (χ2n) is 5.89. The molecule has 1 aromatic rings. The molecule has 0 aromatic heterocycles. The Hall–Kier alpha value is -2.04. The summed E-state index contributed by atoms with van der Waals surface area (Å²) >= 11 is 0. The number of carboxylic acids is 1. The van der Waals surface area contributed by atoms with Crippen LogP contribution in [0.1, 0.15) is 35.2 Å². The molecule has 0 spiro atoms. The van der Waals surface area contributed by atoms with Crippen molar-refractivity contribution >= 4 is 17.6 Å². The van der Waals surface area contributed by atoms with E-state index < -0.39 is 5.97 Å². The number of benzene rings is 1. The van der Waals surface area contributed by atoms with E-state index in [9.17, 15) is 9.59 Å². The van der Waals surface area contributed by atoms with Gasteiger partial charge in [-0.15, -0.1) is 0 Å². The number of carbonyl (C=O) groups is 2. The van der Waals surface area contributed by atoms with Crippen molar-refractivity contribution in [2.75, 3.05) is 25.0 Å². The highest BCUT2D eigenvalue weighted by Crippen LogP contribution is 2.26. The fraction of sp³-hybridized carbons (Fsp3) is 0.500. The van der Waals surface area contributed by atoms with Gasteiger partial charge in [0.1, 0.15) is 0 Å². The summed E-state index contributed by atoms with van der Waals surface area (Å²) in [5, 5.41) is 12.0. The van der Waals surface area contributed by atoms with Crippen LogP contribution in [0, 0.1) is 5.92 Å². The Kier molecular flexibility index (Phi) is 3.82. The van der Waals surface area contributed by atoms with Crippen molar-refractivity contribution in [3.8, 4) is 0 Å². The lowest BCUT2D eigenvalue weighted by atomic mass is 10.0. The Bertz CT molecular complexity index is 571. The monoisotopic (exact) mass is 288 g/mol. The topological polar surface area (TPSA) is 69.6 Å². The average Bonchev–Trinajstić information content (AvgIpc) is 3.12. The molecule has 3 rings (SSSR count). The number of carboxylic acid groups (broad SMARTS) is 1. The van der Waals surface area contributed by atoms with Crippen LogP contribution >= 0.6 is 0 Å². The zero-order valence-electron chi connectivity index (χ0n) is 12.0. The number of nitrogens with zero attached hydrogens (tertiary/aromatic N) is 1. The van der Waals surface area contributed by atoms with Crippen molar-refractivity contribution in [3.05, 3.63) is 29.3 Å².